The Morgan fingerprint density at radius 2 is 1.75 bits per heavy atom. The van der Waals surface area contributed by atoms with Gasteiger partial charge in [0.05, 0.1) is 25.4 Å². The fraction of sp³-hybridized carbons (Fsp3) is 0.704. The molecule has 2 aromatic rings. The number of aromatic nitrogens is 2. The van der Waals surface area contributed by atoms with Gasteiger partial charge < -0.3 is 34.8 Å². The fourth-order valence-electron chi connectivity index (χ4n) is 5.68. The summed E-state index contributed by atoms with van der Waals surface area (Å²) in [5.74, 6) is 3.18. The molecule has 3 aliphatic heterocycles. The van der Waals surface area contributed by atoms with Crippen LogP contribution in [-0.2, 0) is 0 Å². The van der Waals surface area contributed by atoms with Crippen LogP contribution in [0.3, 0.4) is 0 Å². The maximum Gasteiger partial charge on any atom is 0.227 e. The zero-order chi connectivity index (χ0) is 24.9. The molecule has 3 aliphatic rings. The normalized spacial score (nSPS) is 22.2. The second-order valence-electron chi connectivity index (χ2n) is 10.5. The smallest absolute Gasteiger partial charge is 0.227 e. The molecule has 3 fully saturated rings. The van der Waals surface area contributed by atoms with Crippen LogP contribution in [0.1, 0.15) is 44.9 Å². The Morgan fingerprint density at radius 1 is 0.917 bits per heavy atom. The summed E-state index contributed by atoms with van der Waals surface area (Å²) in [5, 5.41) is 0.976. The number of benzene rings is 1. The van der Waals surface area contributed by atoms with Crippen molar-refractivity contribution in [2.75, 3.05) is 82.9 Å². The SMILES string of the molecule is COc1cc2c(N3CCCCC3N)nc(N3CCCN(C)CC3)nc2cc1OCCCN1CCCC1. The number of ether oxygens (including phenoxy) is 2. The first kappa shape index (κ1) is 25.3. The molecule has 0 bridgehead atoms. The summed E-state index contributed by atoms with van der Waals surface area (Å²) in [6, 6.07) is 4.08. The average molecular weight is 498 g/mol. The molecule has 1 unspecified atom stereocenters. The molecule has 1 aromatic carbocycles. The molecule has 5 rings (SSSR count). The van der Waals surface area contributed by atoms with Crippen LogP contribution < -0.4 is 25.0 Å². The van der Waals surface area contributed by atoms with Gasteiger partial charge in [-0.2, -0.15) is 4.98 Å². The van der Waals surface area contributed by atoms with E-state index in [0.717, 1.165) is 106 Å². The summed E-state index contributed by atoms with van der Waals surface area (Å²) in [6.45, 7) is 9.07. The highest BCUT2D eigenvalue weighted by Gasteiger charge is 2.26. The number of nitrogens with two attached hydrogens (primary N) is 1. The van der Waals surface area contributed by atoms with Gasteiger partial charge in [0.2, 0.25) is 5.95 Å². The predicted octanol–water partition coefficient (Wildman–Crippen LogP) is 2.92. The van der Waals surface area contributed by atoms with Crippen molar-refractivity contribution in [3.8, 4) is 11.5 Å². The number of piperidine rings is 1. The van der Waals surface area contributed by atoms with Gasteiger partial charge in [-0.1, -0.05) is 0 Å². The number of fused-ring (bicyclic) bond motifs is 1. The summed E-state index contributed by atoms with van der Waals surface area (Å²) in [7, 11) is 3.88. The van der Waals surface area contributed by atoms with E-state index in [1.165, 1.54) is 25.9 Å². The molecule has 0 radical (unpaired) electrons. The van der Waals surface area contributed by atoms with E-state index in [9.17, 15) is 0 Å². The van der Waals surface area contributed by atoms with Gasteiger partial charge in [0, 0.05) is 44.2 Å². The number of anilines is 2. The van der Waals surface area contributed by atoms with E-state index in [2.05, 4.69) is 26.6 Å². The third-order valence-corrected chi connectivity index (χ3v) is 7.85. The summed E-state index contributed by atoms with van der Waals surface area (Å²) in [6.07, 6.45) is 7.96. The number of hydrogen-bond donors (Lipinski definition) is 1. The van der Waals surface area contributed by atoms with E-state index in [0.29, 0.717) is 6.61 Å². The third-order valence-electron chi connectivity index (χ3n) is 7.85. The van der Waals surface area contributed by atoms with Crippen LogP contribution in [0.5, 0.6) is 11.5 Å². The summed E-state index contributed by atoms with van der Waals surface area (Å²) < 4.78 is 12.0. The van der Waals surface area contributed by atoms with Gasteiger partial charge >= 0.3 is 0 Å². The van der Waals surface area contributed by atoms with Gasteiger partial charge in [-0.15, -0.1) is 0 Å². The van der Waals surface area contributed by atoms with Crippen molar-refractivity contribution in [1.82, 2.24) is 19.8 Å². The van der Waals surface area contributed by atoms with Crippen LogP contribution in [0.15, 0.2) is 12.1 Å². The first-order valence-electron chi connectivity index (χ1n) is 13.8. The zero-order valence-electron chi connectivity index (χ0n) is 22.1. The van der Waals surface area contributed by atoms with Gasteiger partial charge in [0.25, 0.3) is 0 Å². The van der Waals surface area contributed by atoms with Crippen LogP contribution in [0.4, 0.5) is 11.8 Å². The lowest BCUT2D eigenvalue weighted by atomic mass is 10.1. The molecule has 9 nitrogen and oxygen atoms in total. The Hall–Kier alpha value is -2.36. The number of likely N-dealkylation sites (N-methyl/N-ethyl adjacent to an activating group) is 1. The quantitative estimate of drug-likeness (QED) is 0.554. The Kier molecular flexibility index (Phi) is 8.29. The minimum Gasteiger partial charge on any atom is -0.493 e. The number of rotatable bonds is 8. The van der Waals surface area contributed by atoms with Crippen LogP contribution in [0.2, 0.25) is 0 Å². The van der Waals surface area contributed by atoms with Gasteiger partial charge in [-0.3, -0.25) is 0 Å². The van der Waals surface area contributed by atoms with Crippen LogP contribution in [-0.4, -0.2) is 99.1 Å². The van der Waals surface area contributed by atoms with E-state index < -0.39 is 0 Å². The Bertz CT molecular complexity index is 1010. The average Bonchev–Trinajstić information content (AvgIpc) is 3.32. The second-order valence-corrected chi connectivity index (χ2v) is 10.5. The summed E-state index contributed by atoms with van der Waals surface area (Å²) >= 11 is 0. The van der Waals surface area contributed by atoms with Gasteiger partial charge in [0.15, 0.2) is 11.5 Å². The highest BCUT2D eigenvalue weighted by Crippen LogP contribution is 2.38. The molecule has 1 atom stereocenters. The lowest BCUT2D eigenvalue weighted by Crippen LogP contribution is -2.46. The van der Waals surface area contributed by atoms with Crippen molar-refractivity contribution in [1.29, 1.82) is 0 Å². The molecule has 1 aromatic heterocycles. The minimum atomic E-state index is -0.0347. The molecule has 198 valence electrons. The van der Waals surface area contributed by atoms with E-state index in [-0.39, 0.29) is 6.17 Å². The molecule has 0 saturated carbocycles. The van der Waals surface area contributed by atoms with Gasteiger partial charge in [-0.25, -0.2) is 4.98 Å². The molecule has 3 saturated heterocycles. The summed E-state index contributed by atoms with van der Waals surface area (Å²) in [4.78, 5) is 19.7. The Labute approximate surface area is 215 Å². The lowest BCUT2D eigenvalue weighted by Gasteiger charge is -2.35. The second kappa shape index (κ2) is 11.8. The van der Waals surface area contributed by atoms with Crippen molar-refractivity contribution in [3.63, 3.8) is 0 Å². The first-order valence-corrected chi connectivity index (χ1v) is 13.8. The van der Waals surface area contributed by atoms with Gasteiger partial charge in [-0.05, 0) is 77.7 Å². The van der Waals surface area contributed by atoms with Crippen molar-refractivity contribution >= 4 is 22.7 Å². The highest BCUT2D eigenvalue weighted by molar-refractivity contribution is 5.93. The van der Waals surface area contributed by atoms with Crippen molar-refractivity contribution in [2.45, 2.75) is 51.1 Å². The fourth-order valence-corrected chi connectivity index (χ4v) is 5.68. The number of likely N-dealkylation sites (tertiary alicyclic amines) is 1. The van der Waals surface area contributed by atoms with E-state index >= 15 is 0 Å². The Balaban J connectivity index is 1.46. The van der Waals surface area contributed by atoms with E-state index in [1.807, 2.05) is 12.1 Å². The molecule has 0 amide bonds. The maximum atomic E-state index is 6.59. The number of nitrogens with zero attached hydrogens (tertiary/aromatic N) is 6. The molecule has 2 N–H and O–H groups in total. The lowest BCUT2D eigenvalue weighted by molar-refractivity contribution is 0.254. The molecule has 0 spiro atoms. The molecular formula is C27H43N7O2. The molecule has 0 aliphatic carbocycles. The number of methoxy groups -OCH3 is 1. The van der Waals surface area contributed by atoms with Crippen LogP contribution >= 0.6 is 0 Å². The van der Waals surface area contributed by atoms with Crippen molar-refractivity contribution in [3.05, 3.63) is 12.1 Å². The van der Waals surface area contributed by atoms with Crippen molar-refractivity contribution in [2.24, 2.45) is 5.73 Å². The topological polar surface area (TPSA) is 83.2 Å². The maximum absolute atomic E-state index is 6.59. The summed E-state index contributed by atoms with van der Waals surface area (Å²) in [5.41, 5.74) is 7.48. The molecular weight excluding hydrogens is 454 g/mol. The predicted molar refractivity (Wildman–Crippen MR) is 145 cm³/mol. The minimum absolute atomic E-state index is 0.0347. The highest BCUT2D eigenvalue weighted by atomic mass is 16.5. The van der Waals surface area contributed by atoms with Gasteiger partial charge in [0.1, 0.15) is 5.82 Å². The van der Waals surface area contributed by atoms with E-state index in [1.54, 1.807) is 7.11 Å². The Morgan fingerprint density at radius 3 is 2.56 bits per heavy atom. The van der Waals surface area contributed by atoms with Crippen molar-refractivity contribution < 1.29 is 9.47 Å². The van der Waals surface area contributed by atoms with Crippen LogP contribution in [0, 0.1) is 0 Å². The van der Waals surface area contributed by atoms with Crippen LogP contribution in [0.25, 0.3) is 10.9 Å². The first-order chi connectivity index (χ1) is 17.6. The standard InChI is InChI=1S/C27H43N7O2/c1-31-10-7-14-33(17-16-31)27-29-22-20-24(36-18-8-13-32-11-5-6-12-32)23(35-2)19-21(22)26(30-27)34-15-4-3-9-25(34)28/h19-20,25H,3-18,28H2,1-2H3. The van der Waals surface area contributed by atoms with E-state index in [4.69, 9.17) is 25.2 Å². The number of hydrogen-bond acceptors (Lipinski definition) is 9. The zero-order valence-corrected chi connectivity index (χ0v) is 22.1. The monoisotopic (exact) mass is 497 g/mol. The molecule has 4 heterocycles. The molecule has 36 heavy (non-hydrogen) atoms. The third kappa shape index (κ3) is 5.79. The molecule has 9 heteroatoms. The largest absolute Gasteiger partial charge is 0.493 e.